The fourth-order valence-electron chi connectivity index (χ4n) is 2.64. The maximum absolute atomic E-state index is 12.4. The monoisotopic (exact) mass is 291 g/mol. The van der Waals surface area contributed by atoms with Gasteiger partial charge in [0.15, 0.2) is 0 Å². The summed E-state index contributed by atoms with van der Waals surface area (Å²) in [6.07, 6.45) is 1.86. The van der Waals surface area contributed by atoms with Crippen LogP contribution in [0.2, 0.25) is 0 Å². The summed E-state index contributed by atoms with van der Waals surface area (Å²) in [6.45, 7) is 6.18. The number of rotatable bonds is 5. The molecule has 0 atom stereocenters. The fraction of sp³-hybridized carbons (Fsp3) is 0.588. The van der Waals surface area contributed by atoms with Crippen molar-refractivity contribution in [1.29, 1.82) is 0 Å². The molecule has 0 saturated carbocycles. The lowest BCUT2D eigenvalue weighted by molar-refractivity contribution is -0.00554. The Morgan fingerprint density at radius 1 is 1.29 bits per heavy atom. The third-order valence-corrected chi connectivity index (χ3v) is 4.00. The Balaban J connectivity index is 1.89. The van der Waals surface area contributed by atoms with Gasteiger partial charge in [0.25, 0.3) is 5.91 Å². The Labute approximate surface area is 126 Å². The highest BCUT2D eigenvalue weighted by atomic mass is 16.5. The molecule has 1 aromatic rings. The molecular weight excluding hydrogens is 266 g/mol. The zero-order valence-corrected chi connectivity index (χ0v) is 12.9. The van der Waals surface area contributed by atoms with Crippen LogP contribution >= 0.6 is 0 Å². The lowest BCUT2D eigenvalue weighted by atomic mass is 10.0. The van der Waals surface area contributed by atoms with Crippen LogP contribution in [0.15, 0.2) is 24.3 Å². The number of benzene rings is 1. The number of aliphatic hydroxyl groups excluding tert-OH is 1. The number of likely N-dealkylation sites (tertiary alicyclic amines) is 1. The molecule has 1 amide bonds. The second-order valence-corrected chi connectivity index (χ2v) is 5.86. The van der Waals surface area contributed by atoms with Crippen molar-refractivity contribution in [1.82, 2.24) is 4.90 Å². The summed E-state index contributed by atoms with van der Waals surface area (Å²) < 4.78 is 5.52. The molecule has 1 aliphatic heterocycles. The number of aliphatic hydroxyl groups is 1. The van der Waals surface area contributed by atoms with Crippen LogP contribution in [0.5, 0.6) is 0 Å². The first kappa shape index (κ1) is 16.0. The van der Waals surface area contributed by atoms with Gasteiger partial charge in [-0.3, -0.25) is 4.79 Å². The van der Waals surface area contributed by atoms with Gasteiger partial charge in [0.2, 0.25) is 0 Å². The first-order valence-electron chi connectivity index (χ1n) is 7.73. The van der Waals surface area contributed by atoms with Gasteiger partial charge in [0.05, 0.1) is 19.3 Å². The molecule has 0 aliphatic carbocycles. The Kier molecular flexibility index (Phi) is 5.76. The largest absolute Gasteiger partial charge is 0.394 e. The molecule has 4 nitrogen and oxygen atoms in total. The second-order valence-electron chi connectivity index (χ2n) is 5.86. The van der Waals surface area contributed by atoms with E-state index >= 15 is 0 Å². The average molecular weight is 291 g/mol. The molecule has 1 heterocycles. The number of carbonyl (C=O) groups is 1. The predicted molar refractivity (Wildman–Crippen MR) is 82.5 cm³/mol. The van der Waals surface area contributed by atoms with Gasteiger partial charge in [0, 0.05) is 18.7 Å². The zero-order chi connectivity index (χ0) is 15.2. The van der Waals surface area contributed by atoms with Crippen molar-refractivity contribution in [2.24, 2.45) is 0 Å². The van der Waals surface area contributed by atoms with Crippen LogP contribution in [-0.2, 0) is 4.74 Å². The summed E-state index contributed by atoms with van der Waals surface area (Å²) in [7, 11) is 0. The Bertz CT molecular complexity index is 448. The van der Waals surface area contributed by atoms with Crippen molar-refractivity contribution < 1.29 is 14.6 Å². The summed E-state index contributed by atoms with van der Waals surface area (Å²) in [5, 5.41) is 8.76. The van der Waals surface area contributed by atoms with Gasteiger partial charge < -0.3 is 14.7 Å². The first-order valence-corrected chi connectivity index (χ1v) is 7.73. The standard InChI is InChI=1S/C17H25NO3/c1-13(2)14-3-5-15(6-4-14)17(20)18-9-7-16(8-10-18)21-12-11-19/h3-6,13,16,19H,7-12H2,1-2H3. The third-order valence-electron chi connectivity index (χ3n) is 4.00. The minimum atomic E-state index is 0.0569. The van der Waals surface area contributed by atoms with E-state index in [1.165, 1.54) is 5.56 Å². The van der Waals surface area contributed by atoms with Crippen LogP contribution in [-0.4, -0.2) is 48.3 Å². The van der Waals surface area contributed by atoms with Crippen molar-refractivity contribution in [3.05, 3.63) is 35.4 Å². The normalized spacial score (nSPS) is 16.5. The van der Waals surface area contributed by atoms with Crippen molar-refractivity contribution >= 4 is 5.91 Å². The highest BCUT2D eigenvalue weighted by molar-refractivity contribution is 5.94. The average Bonchev–Trinajstić information content (AvgIpc) is 2.53. The van der Waals surface area contributed by atoms with Gasteiger partial charge in [-0.05, 0) is 36.5 Å². The molecular formula is C17H25NO3. The van der Waals surface area contributed by atoms with Crippen molar-refractivity contribution in [2.75, 3.05) is 26.3 Å². The third kappa shape index (κ3) is 4.29. The second kappa shape index (κ2) is 7.57. The predicted octanol–water partition coefficient (Wildman–Crippen LogP) is 2.42. The summed E-state index contributed by atoms with van der Waals surface area (Å²) in [4.78, 5) is 14.3. The van der Waals surface area contributed by atoms with E-state index in [9.17, 15) is 4.79 Å². The smallest absolute Gasteiger partial charge is 0.253 e. The van der Waals surface area contributed by atoms with E-state index in [0.29, 0.717) is 12.5 Å². The van der Waals surface area contributed by atoms with Gasteiger partial charge in [-0.15, -0.1) is 0 Å². The molecule has 0 aromatic heterocycles. The number of nitrogens with zero attached hydrogens (tertiary/aromatic N) is 1. The first-order chi connectivity index (χ1) is 10.1. The lowest BCUT2D eigenvalue weighted by Gasteiger charge is -2.32. The molecule has 0 bridgehead atoms. The molecule has 1 N–H and O–H groups in total. The topological polar surface area (TPSA) is 49.8 Å². The molecule has 1 aromatic carbocycles. The van der Waals surface area contributed by atoms with E-state index in [1.807, 2.05) is 29.2 Å². The molecule has 1 fully saturated rings. The van der Waals surface area contributed by atoms with Crippen LogP contribution in [0.1, 0.15) is 48.5 Å². The maximum Gasteiger partial charge on any atom is 0.253 e. The van der Waals surface area contributed by atoms with E-state index in [4.69, 9.17) is 9.84 Å². The summed E-state index contributed by atoms with van der Waals surface area (Å²) >= 11 is 0. The van der Waals surface area contributed by atoms with Gasteiger partial charge in [-0.1, -0.05) is 26.0 Å². The highest BCUT2D eigenvalue weighted by Crippen LogP contribution is 2.18. The van der Waals surface area contributed by atoms with Gasteiger partial charge in [0.1, 0.15) is 0 Å². The van der Waals surface area contributed by atoms with E-state index < -0.39 is 0 Å². The molecule has 1 saturated heterocycles. The maximum atomic E-state index is 12.4. The number of piperidine rings is 1. The van der Waals surface area contributed by atoms with Gasteiger partial charge >= 0.3 is 0 Å². The Morgan fingerprint density at radius 2 is 1.90 bits per heavy atom. The minimum Gasteiger partial charge on any atom is -0.394 e. The van der Waals surface area contributed by atoms with Crippen molar-refractivity contribution in [3.8, 4) is 0 Å². The molecule has 21 heavy (non-hydrogen) atoms. The number of amides is 1. The van der Waals surface area contributed by atoms with Crippen molar-refractivity contribution in [2.45, 2.75) is 38.7 Å². The van der Waals surface area contributed by atoms with Crippen LogP contribution < -0.4 is 0 Å². The Morgan fingerprint density at radius 3 is 2.43 bits per heavy atom. The van der Waals surface area contributed by atoms with Gasteiger partial charge in [-0.25, -0.2) is 0 Å². The van der Waals surface area contributed by atoms with Crippen LogP contribution in [0.25, 0.3) is 0 Å². The van der Waals surface area contributed by atoms with E-state index in [-0.39, 0.29) is 18.6 Å². The molecule has 0 spiro atoms. The highest BCUT2D eigenvalue weighted by Gasteiger charge is 2.23. The summed E-state index contributed by atoms with van der Waals surface area (Å²) in [6, 6.07) is 7.92. The van der Waals surface area contributed by atoms with Crippen LogP contribution in [0.4, 0.5) is 0 Å². The molecule has 2 rings (SSSR count). The minimum absolute atomic E-state index is 0.0569. The summed E-state index contributed by atoms with van der Waals surface area (Å²) in [5.74, 6) is 0.583. The lowest BCUT2D eigenvalue weighted by Crippen LogP contribution is -2.41. The van der Waals surface area contributed by atoms with Gasteiger partial charge in [-0.2, -0.15) is 0 Å². The molecule has 0 unspecified atom stereocenters. The van der Waals surface area contributed by atoms with E-state index in [0.717, 1.165) is 31.5 Å². The van der Waals surface area contributed by atoms with E-state index in [2.05, 4.69) is 13.8 Å². The number of ether oxygens (including phenoxy) is 1. The number of hydrogen-bond donors (Lipinski definition) is 1. The molecule has 0 radical (unpaired) electrons. The Hall–Kier alpha value is -1.39. The zero-order valence-electron chi connectivity index (χ0n) is 12.9. The summed E-state index contributed by atoms with van der Waals surface area (Å²) in [5.41, 5.74) is 2.01. The van der Waals surface area contributed by atoms with Crippen LogP contribution in [0, 0.1) is 0 Å². The number of carbonyl (C=O) groups excluding carboxylic acids is 1. The van der Waals surface area contributed by atoms with E-state index in [1.54, 1.807) is 0 Å². The SMILES string of the molecule is CC(C)c1ccc(C(=O)N2CCC(OCCO)CC2)cc1. The number of hydrogen-bond acceptors (Lipinski definition) is 3. The molecule has 4 heteroatoms. The molecule has 116 valence electrons. The fourth-order valence-corrected chi connectivity index (χ4v) is 2.64. The van der Waals surface area contributed by atoms with Crippen LogP contribution in [0.3, 0.4) is 0 Å². The quantitative estimate of drug-likeness (QED) is 0.906. The molecule has 1 aliphatic rings. The van der Waals surface area contributed by atoms with Crippen molar-refractivity contribution in [3.63, 3.8) is 0 Å².